The molecule has 1 rings (SSSR count). The van der Waals surface area contributed by atoms with Gasteiger partial charge in [-0.25, -0.2) is 0 Å². The minimum absolute atomic E-state index is 0.0910. The van der Waals surface area contributed by atoms with Gasteiger partial charge in [-0.2, -0.15) is 0 Å². The predicted octanol–water partition coefficient (Wildman–Crippen LogP) is 1.46. The van der Waals surface area contributed by atoms with Gasteiger partial charge in [0.1, 0.15) is 0 Å². The third-order valence-corrected chi connectivity index (χ3v) is 4.45. The van der Waals surface area contributed by atoms with Crippen molar-refractivity contribution in [3.05, 3.63) is 0 Å². The van der Waals surface area contributed by atoms with Gasteiger partial charge in [0.25, 0.3) is 0 Å². The Morgan fingerprint density at radius 2 is 2.67 bits per heavy atom. The third-order valence-electron chi connectivity index (χ3n) is 0.563. The third kappa shape index (κ3) is 1.28. The number of hydrogen-bond acceptors (Lipinski definition) is 1. The summed E-state index contributed by atoms with van der Waals surface area (Å²) in [5, 5.41) is 0. The molecule has 1 saturated heterocycles. The molecule has 1 atom stereocenters. The number of hydrogen-bond donors (Lipinski definition) is 0. The van der Waals surface area contributed by atoms with Gasteiger partial charge < -0.3 is 0 Å². The second-order valence-corrected chi connectivity index (χ2v) is 5.83. The zero-order chi connectivity index (χ0) is 4.41. The Labute approximate surface area is 49.4 Å². The van der Waals surface area contributed by atoms with Crippen molar-refractivity contribution in [1.82, 2.24) is 0 Å². The Hall–Kier alpha value is 1.05. The van der Waals surface area contributed by atoms with E-state index in [0.717, 1.165) is 0 Å². The molecule has 6 heavy (non-hydrogen) atoms. The average Bonchev–Trinajstić information content (AvgIpc) is 1.86. The first kappa shape index (κ1) is 5.20. The minimum Gasteiger partial charge on any atom is -0.00670 e. The molecule has 4 heteroatoms. The van der Waals surface area contributed by atoms with Crippen molar-refractivity contribution < 1.29 is 0 Å². The van der Waals surface area contributed by atoms with Crippen LogP contribution in [0.25, 0.3) is 0 Å². The predicted molar refractivity (Wildman–Crippen MR) is 36.2 cm³/mol. The molecule has 1 aliphatic rings. The van der Waals surface area contributed by atoms with E-state index in [-0.39, 0.29) is 8.99 Å². The molecule has 1 fully saturated rings. The van der Waals surface area contributed by atoms with Gasteiger partial charge in [0.15, 0.2) is 10.7 Å². The number of halogens is 1. The quantitative estimate of drug-likeness (QED) is 0.277. The molecule has 33 valence electrons. The molecule has 1 unspecified atom stereocenters. The summed E-state index contributed by atoms with van der Waals surface area (Å²) >= 11 is 0. The fourth-order valence-electron chi connectivity index (χ4n) is 0.317. The standard InChI is InChI=1S/C2H4BClS2/c4-6-3-1-2-5-6/h1-2H2/q+1. The summed E-state index contributed by atoms with van der Waals surface area (Å²) in [6.45, 7) is 2.16. The van der Waals surface area contributed by atoms with Gasteiger partial charge in [-0.1, -0.05) is 0 Å². The van der Waals surface area contributed by atoms with Gasteiger partial charge in [-0.05, 0) is 6.32 Å². The van der Waals surface area contributed by atoms with E-state index in [1.807, 2.05) is 10.8 Å². The van der Waals surface area contributed by atoms with E-state index < -0.39 is 0 Å². The van der Waals surface area contributed by atoms with Crippen LogP contribution in [0.2, 0.25) is 6.32 Å². The first-order valence-electron chi connectivity index (χ1n) is 1.75. The Morgan fingerprint density at radius 1 is 1.83 bits per heavy atom. The maximum Gasteiger partial charge on any atom is 0.483 e. The molecule has 0 N–H and O–H groups in total. The largest absolute Gasteiger partial charge is 0.483 e. The maximum atomic E-state index is 5.65. The molecule has 0 spiro atoms. The van der Waals surface area contributed by atoms with Crippen molar-refractivity contribution in [2.75, 3.05) is 5.75 Å². The van der Waals surface area contributed by atoms with Gasteiger partial charge in [0.05, 0.1) is 19.8 Å². The molecule has 1 radical (unpaired) electrons. The topological polar surface area (TPSA) is 0 Å². The fraction of sp³-hybridized carbons (Fsp3) is 1.00. The van der Waals surface area contributed by atoms with Crippen molar-refractivity contribution in [3.8, 4) is 0 Å². The Kier molecular flexibility index (Phi) is 2.07. The zero-order valence-electron chi connectivity index (χ0n) is 3.19. The van der Waals surface area contributed by atoms with Crippen LogP contribution < -0.4 is 0 Å². The van der Waals surface area contributed by atoms with E-state index in [1.165, 1.54) is 12.1 Å². The average molecular weight is 138 g/mol. The molecule has 0 bridgehead atoms. The van der Waals surface area contributed by atoms with E-state index >= 15 is 0 Å². The second kappa shape index (κ2) is 2.38. The van der Waals surface area contributed by atoms with Crippen LogP contribution in [-0.2, 0) is 8.99 Å². The molecule has 0 saturated carbocycles. The van der Waals surface area contributed by atoms with E-state index in [9.17, 15) is 0 Å². The summed E-state index contributed by atoms with van der Waals surface area (Å²) in [5.74, 6) is 1.23. The molecular weight excluding hydrogens is 134 g/mol. The lowest BCUT2D eigenvalue weighted by Gasteiger charge is -1.71. The SMILES string of the molecule is Cl[S+]1[B]CCS1. The molecule has 0 aromatic carbocycles. The molecule has 1 aliphatic heterocycles. The minimum atomic E-state index is 0.0910. The van der Waals surface area contributed by atoms with Crippen LogP contribution in [0.4, 0.5) is 0 Å². The van der Waals surface area contributed by atoms with Crippen molar-refractivity contribution in [3.63, 3.8) is 0 Å². The highest BCUT2D eigenvalue weighted by atomic mass is 35.8. The molecule has 0 aliphatic carbocycles. The van der Waals surface area contributed by atoms with Crippen molar-refractivity contribution in [2.45, 2.75) is 6.32 Å². The lowest BCUT2D eigenvalue weighted by atomic mass is 10.1. The Morgan fingerprint density at radius 3 is 2.83 bits per heavy atom. The first-order valence-corrected chi connectivity index (χ1v) is 5.37. The summed E-state index contributed by atoms with van der Waals surface area (Å²) in [6.07, 6.45) is 1.21. The van der Waals surface area contributed by atoms with Crippen LogP contribution in [-0.4, -0.2) is 12.3 Å². The highest BCUT2D eigenvalue weighted by Gasteiger charge is 2.28. The van der Waals surface area contributed by atoms with Crippen molar-refractivity contribution >= 4 is 37.0 Å². The molecule has 1 heterocycles. The molecule has 0 aromatic rings. The normalized spacial score (nSPS) is 33.2. The fourth-order valence-corrected chi connectivity index (χ4v) is 3.42. The van der Waals surface area contributed by atoms with Gasteiger partial charge in [0.2, 0.25) is 0 Å². The summed E-state index contributed by atoms with van der Waals surface area (Å²) in [4.78, 5) is 0. The molecule has 0 aromatic heterocycles. The van der Waals surface area contributed by atoms with E-state index in [1.54, 1.807) is 0 Å². The maximum absolute atomic E-state index is 5.65. The Bertz CT molecular complexity index is 44.8. The van der Waals surface area contributed by atoms with E-state index in [0.29, 0.717) is 0 Å². The van der Waals surface area contributed by atoms with Gasteiger partial charge in [-0.15, -0.1) is 0 Å². The van der Waals surface area contributed by atoms with Crippen LogP contribution in [0.15, 0.2) is 0 Å². The van der Waals surface area contributed by atoms with Crippen LogP contribution in [0, 0.1) is 0 Å². The second-order valence-electron chi connectivity index (χ2n) is 1.03. The van der Waals surface area contributed by atoms with Crippen molar-refractivity contribution in [2.24, 2.45) is 0 Å². The van der Waals surface area contributed by atoms with Crippen LogP contribution in [0.5, 0.6) is 0 Å². The van der Waals surface area contributed by atoms with Gasteiger partial charge in [-0.3, -0.25) is 0 Å². The van der Waals surface area contributed by atoms with Crippen LogP contribution >= 0.6 is 21.5 Å². The van der Waals surface area contributed by atoms with Crippen molar-refractivity contribution in [1.29, 1.82) is 0 Å². The zero-order valence-corrected chi connectivity index (χ0v) is 5.57. The number of rotatable bonds is 0. The van der Waals surface area contributed by atoms with E-state index in [2.05, 4.69) is 6.56 Å². The molecule has 0 amide bonds. The van der Waals surface area contributed by atoms with Crippen LogP contribution in [0.3, 0.4) is 0 Å². The lowest BCUT2D eigenvalue weighted by molar-refractivity contribution is 1.52. The summed E-state index contributed by atoms with van der Waals surface area (Å²) < 4.78 is 0. The first-order chi connectivity index (χ1) is 2.89. The van der Waals surface area contributed by atoms with Gasteiger partial charge in [0, 0.05) is 5.75 Å². The van der Waals surface area contributed by atoms with E-state index in [4.69, 9.17) is 10.7 Å². The van der Waals surface area contributed by atoms with Gasteiger partial charge >= 0.3 is 6.56 Å². The smallest absolute Gasteiger partial charge is 0.00670 e. The highest BCUT2D eigenvalue weighted by Crippen LogP contribution is 2.27. The Balaban J connectivity index is 2.18. The summed E-state index contributed by atoms with van der Waals surface area (Å²) in [5.41, 5.74) is 0. The molecular formula is C2H4BClS2+. The summed E-state index contributed by atoms with van der Waals surface area (Å²) in [6, 6.07) is 0. The van der Waals surface area contributed by atoms with Crippen LogP contribution in [0.1, 0.15) is 0 Å². The lowest BCUT2D eigenvalue weighted by Crippen LogP contribution is -1.84. The monoisotopic (exact) mass is 138 g/mol. The molecule has 0 nitrogen and oxygen atoms in total. The highest BCUT2D eigenvalue weighted by molar-refractivity contribution is 8.91. The summed E-state index contributed by atoms with van der Waals surface area (Å²) in [7, 11) is 7.57.